The first-order valence-corrected chi connectivity index (χ1v) is 39.8. The molecule has 0 aromatic heterocycles. The molecule has 13 heteroatoms. The average Bonchev–Trinajstić information content (AvgIpc) is 1.60. The van der Waals surface area contributed by atoms with Crippen LogP contribution in [0.3, 0.4) is 0 Å². The Morgan fingerprint density at radius 3 is 0.552 bits per heavy atom. The van der Waals surface area contributed by atoms with Crippen molar-refractivity contribution in [2.75, 3.05) is 0 Å². The maximum Gasteiger partial charge on any atom is 2.00 e. The topological polar surface area (TPSA) is 133 Å². The maximum atomic E-state index is 7.15. The fourth-order valence-corrected chi connectivity index (χ4v) is 20.9. The van der Waals surface area contributed by atoms with Gasteiger partial charge in [-0.2, -0.15) is 0 Å². The number of hydrogen-bond donors (Lipinski definition) is 8. The first-order chi connectivity index (χ1) is 50.4. The third kappa shape index (κ3) is 14.6. The summed E-state index contributed by atoms with van der Waals surface area (Å²) < 4.78 is 28.6. The summed E-state index contributed by atoms with van der Waals surface area (Å²) in [4.78, 5) is 0. The number of rotatable bonds is 16. The molecule has 20 atom stereocenters. The number of hydrogen-bond acceptors (Lipinski definition) is 12. The van der Waals surface area contributed by atoms with Crippen molar-refractivity contribution >= 4 is 0 Å². The second kappa shape index (κ2) is 29.9. The maximum absolute atomic E-state index is 7.15. The monoisotopic (exact) mass is 1450 g/mol. The van der Waals surface area contributed by atoms with E-state index in [9.17, 15) is 0 Å². The molecule has 5 heterocycles. The summed E-state index contributed by atoms with van der Waals surface area (Å²) in [5.74, 6) is 6.71. The van der Waals surface area contributed by atoms with E-state index in [1.165, 1.54) is 44.5 Å². The second-order valence-corrected chi connectivity index (χ2v) is 34.7. The molecule has 8 bridgehead atoms. The zero-order chi connectivity index (χ0) is 70.9. The fourth-order valence-electron chi connectivity index (χ4n) is 20.9. The van der Waals surface area contributed by atoms with E-state index < -0.39 is 0 Å². The molecule has 5 saturated heterocycles. The smallest absolute Gasteiger partial charge is 0.490 e. The molecule has 8 N–H and O–H groups in total. The normalized spacial score (nSPS) is 32.3. The molecule has 12 nitrogen and oxygen atoms in total. The Bertz CT molecular complexity index is 3630. The van der Waals surface area contributed by atoms with Crippen molar-refractivity contribution in [2.24, 2.45) is 47.3 Å². The zero-order valence-corrected chi connectivity index (χ0v) is 63.8. The Labute approximate surface area is 635 Å². The van der Waals surface area contributed by atoms with Crippen LogP contribution in [0.4, 0.5) is 0 Å². The summed E-state index contributed by atoms with van der Waals surface area (Å²) in [6.45, 7) is 18.6. The summed E-state index contributed by atoms with van der Waals surface area (Å²) >= 11 is 0. The van der Waals surface area contributed by atoms with Crippen LogP contribution in [0.2, 0.25) is 0 Å². The van der Waals surface area contributed by atoms with E-state index in [1.54, 1.807) is 0 Å². The van der Waals surface area contributed by atoms with Crippen LogP contribution in [0.5, 0.6) is 23.0 Å². The van der Waals surface area contributed by atoms with E-state index >= 15 is 0 Å². The van der Waals surface area contributed by atoms with Crippen molar-refractivity contribution in [3.8, 4) is 23.0 Å². The van der Waals surface area contributed by atoms with Crippen molar-refractivity contribution in [1.82, 2.24) is 42.5 Å². The van der Waals surface area contributed by atoms with Gasteiger partial charge in [0.25, 0.3) is 0 Å². The van der Waals surface area contributed by atoms with Gasteiger partial charge in [-0.05, 0) is 217 Å². The minimum absolute atomic E-state index is 0. The predicted molar refractivity (Wildman–Crippen MR) is 416 cm³/mol. The van der Waals surface area contributed by atoms with Gasteiger partial charge in [0.05, 0.1) is 73.7 Å². The van der Waals surface area contributed by atoms with E-state index in [4.69, 9.17) is 18.9 Å². The van der Waals surface area contributed by atoms with E-state index in [0.717, 1.165) is 100 Å². The molecule has 4 aliphatic carbocycles. The molecular weight excluding hydrogens is 1340 g/mol. The minimum atomic E-state index is -0.126. The summed E-state index contributed by atoms with van der Waals surface area (Å²) in [6, 6.07) is 79.5. The Hall–Kier alpha value is -6.87. The third-order valence-electron chi connectivity index (χ3n) is 27.4. The molecule has 17 rings (SSSR count). The largest absolute Gasteiger partial charge is 2.00 e. The third-order valence-corrected chi connectivity index (χ3v) is 27.4. The van der Waals surface area contributed by atoms with Gasteiger partial charge in [-0.15, -0.1) is 0 Å². The molecule has 0 spiro atoms. The Kier molecular flexibility index (Phi) is 20.6. The Balaban J connectivity index is 0.00000847. The van der Waals surface area contributed by atoms with Gasteiger partial charge in [-0.3, -0.25) is 42.5 Å². The second-order valence-electron chi connectivity index (χ2n) is 34.7. The number of ether oxygens (including phenoxy) is 4. The summed E-state index contributed by atoms with van der Waals surface area (Å²) in [6.07, 6.45) is 13.1. The van der Waals surface area contributed by atoms with Gasteiger partial charge in [0.1, 0.15) is 23.0 Å². The van der Waals surface area contributed by atoms with Crippen LogP contribution in [0.1, 0.15) is 177 Å². The quantitative estimate of drug-likeness (QED) is 0.0438. The van der Waals surface area contributed by atoms with Crippen LogP contribution in [-0.4, -0.2) is 73.7 Å². The van der Waals surface area contributed by atoms with E-state index in [2.05, 4.69) is 316 Å². The van der Waals surface area contributed by atoms with Crippen molar-refractivity contribution in [2.45, 2.75) is 228 Å². The SMILES string of the molecule is CC(C)(c1ccccc1)c1ccc(OC2CCC3C4NC5NC(NC6NC(NC7NC(NC(N4)C3C2)C2CC(Oc3ccc(C(C)(C)c4ccccc4)cc3)CCC72)C2CCC(Oc3ccc(C(C)(C)c4ccccc4)cc3)CC62)C2CC(Oc3ccc(C(C)(C)c4ccccc4)cc3)CCC52)cc1.[Ni+2]. The van der Waals surface area contributed by atoms with Gasteiger partial charge in [0.15, 0.2) is 0 Å². The van der Waals surface area contributed by atoms with Crippen molar-refractivity contribution in [3.05, 3.63) is 263 Å². The van der Waals surface area contributed by atoms with Crippen molar-refractivity contribution in [1.29, 1.82) is 0 Å². The predicted octanol–water partition coefficient (Wildman–Crippen LogP) is 16.1. The number of fused-ring (bicyclic) bond motifs is 20. The van der Waals surface area contributed by atoms with Gasteiger partial charge >= 0.3 is 16.5 Å². The molecule has 0 radical (unpaired) electrons. The van der Waals surface area contributed by atoms with E-state index in [0.29, 0.717) is 47.3 Å². The molecule has 105 heavy (non-hydrogen) atoms. The van der Waals surface area contributed by atoms with Crippen molar-refractivity contribution < 1.29 is 35.4 Å². The molecule has 552 valence electrons. The zero-order valence-electron chi connectivity index (χ0n) is 62.8. The molecule has 0 amide bonds. The molecule has 9 aliphatic rings. The summed E-state index contributed by atoms with van der Waals surface area (Å²) in [7, 11) is 0. The summed E-state index contributed by atoms with van der Waals surface area (Å²) in [5.41, 5.74) is 9.89. The molecule has 9 fully saturated rings. The number of nitrogens with one attached hydrogen (secondary N) is 8. The molecule has 4 saturated carbocycles. The number of benzene rings is 8. The minimum Gasteiger partial charge on any atom is -0.490 e. The molecule has 8 aromatic rings. The first-order valence-electron chi connectivity index (χ1n) is 39.8. The molecular formula is C92H112N8NiO4+2. The average molecular weight is 1450 g/mol. The molecule has 8 aromatic carbocycles. The van der Waals surface area contributed by atoms with Crippen LogP contribution < -0.4 is 61.5 Å². The van der Waals surface area contributed by atoms with E-state index in [1.807, 2.05) is 0 Å². The van der Waals surface area contributed by atoms with Crippen LogP contribution in [0.15, 0.2) is 218 Å². The Morgan fingerprint density at radius 2 is 0.371 bits per heavy atom. The fraction of sp³-hybridized carbons (Fsp3) is 0.478. The summed E-state index contributed by atoms with van der Waals surface area (Å²) in [5, 5.41) is 35.3. The molecule has 20 unspecified atom stereocenters. The first kappa shape index (κ1) is 72.3. The van der Waals surface area contributed by atoms with Gasteiger partial charge < -0.3 is 18.9 Å². The van der Waals surface area contributed by atoms with Gasteiger partial charge in [-0.25, -0.2) is 0 Å². The Morgan fingerprint density at radius 1 is 0.210 bits per heavy atom. The van der Waals surface area contributed by atoms with Crippen molar-refractivity contribution in [3.63, 3.8) is 0 Å². The van der Waals surface area contributed by atoms with Crippen LogP contribution >= 0.6 is 0 Å². The molecule has 5 aliphatic heterocycles. The van der Waals surface area contributed by atoms with Gasteiger partial charge in [-0.1, -0.05) is 225 Å². The van der Waals surface area contributed by atoms with Gasteiger partial charge in [0, 0.05) is 21.7 Å². The van der Waals surface area contributed by atoms with E-state index in [-0.39, 0.29) is 112 Å². The van der Waals surface area contributed by atoms with Crippen LogP contribution in [0, 0.1) is 47.3 Å². The van der Waals surface area contributed by atoms with Crippen LogP contribution in [0.25, 0.3) is 0 Å². The van der Waals surface area contributed by atoms with Crippen LogP contribution in [-0.2, 0) is 38.2 Å². The standard InChI is InChI=1S/C92H112N8O4.Ni/c1-89(2,57-21-13-9-14-22-57)61-29-37-65(38-30-61)101-69-45-49-73-77(53-69)85-95-81(73)93-82-75-51-47-71(103-67-41-33-63(34-42-67)91(5,6)59-25-17-11-18-26-59)55-79(75)87(97-82)100-88-80-56-72(104-68-43-35-64(36-44-68)92(7,8)60-27-19-12-20-28-60)48-52-76(80)84(98-88)94-83-74-50-46-70(54-78(74)86(96-83)99-85)102-66-39-31-62(32-40-66)90(3,4)58-23-15-10-16-24-58;/h9-44,69-88,93-100H,45-56H2,1-8H3;/q;+2. The van der Waals surface area contributed by atoms with Gasteiger partial charge in [0.2, 0.25) is 0 Å².